The average molecular weight is 384 g/mol. The molecule has 7 heteroatoms. The second-order valence-corrected chi connectivity index (χ2v) is 7.41. The zero-order valence-corrected chi connectivity index (χ0v) is 15.3. The van der Waals surface area contributed by atoms with Crippen molar-refractivity contribution in [3.8, 4) is 0 Å². The Bertz CT molecular complexity index is 1100. The molecule has 138 valence electrons. The number of hydrogen-bond acceptors (Lipinski definition) is 5. The fourth-order valence-corrected chi connectivity index (χ4v) is 4.41. The molecule has 0 unspecified atom stereocenters. The maximum absolute atomic E-state index is 13.5. The van der Waals surface area contributed by atoms with Crippen LogP contribution in [0.4, 0.5) is 4.39 Å². The van der Waals surface area contributed by atoms with E-state index in [0.29, 0.717) is 16.2 Å². The van der Waals surface area contributed by atoms with E-state index in [1.807, 2.05) is 0 Å². The largest absolute Gasteiger partial charge is 0.456 e. The quantitative estimate of drug-likeness (QED) is 0.510. The molecule has 5 nitrogen and oxygen atoms in total. The fourth-order valence-electron chi connectivity index (χ4n) is 3.18. The van der Waals surface area contributed by atoms with Gasteiger partial charge in [0, 0.05) is 28.3 Å². The van der Waals surface area contributed by atoms with Crippen LogP contribution in [-0.4, -0.2) is 15.4 Å². The first-order chi connectivity index (χ1) is 13.1. The van der Waals surface area contributed by atoms with Crippen molar-refractivity contribution in [3.63, 3.8) is 0 Å². The summed E-state index contributed by atoms with van der Waals surface area (Å²) in [5, 5.41) is 0. The van der Waals surface area contributed by atoms with Crippen LogP contribution in [0.25, 0.3) is 11.0 Å². The van der Waals surface area contributed by atoms with E-state index in [1.54, 1.807) is 22.6 Å². The summed E-state index contributed by atoms with van der Waals surface area (Å²) in [5.41, 5.74) is 1.63. The Morgan fingerprint density at radius 1 is 1.30 bits per heavy atom. The van der Waals surface area contributed by atoms with Gasteiger partial charge in [-0.3, -0.25) is 9.20 Å². The molecule has 0 spiro atoms. The lowest BCUT2D eigenvalue weighted by Gasteiger charge is -2.10. The normalized spacial score (nSPS) is 13.8. The highest BCUT2D eigenvalue weighted by molar-refractivity contribution is 7.17. The Morgan fingerprint density at radius 2 is 2.11 bits per heavy atom. The molecule has 2 heterocycles. The molecule has 0 radical (unpaired) electrons. The van der Waals surface area contributed by atoms with E-state index in [-0.39, 0.29) is 12.2 Å². The number of nitrogens with zero attached hydrogens (tertiary/aromatic N) is 2. The minimum atomic E-state index is -0.620. The summed E-state index contributed by atoms with van der Waals surface area (Å²) in [4.78, 5) is 30.6. The van der Waals surface area contributed by atoms with Gasteiger partial charge in [-0.2, -0.15) is 0 Å². The monoisotopic (exact) mass is 384 g/mol. The van der Waals surface area contributed by atoms with Crippen LogP contribution in [0.2, 0.25) is 0 Å². The maximum atomic E-state index is 13.5. The molecule has 0 aliphatic heterocycles. The van der Waals surface area contributed by atoms with E-state index in [9.17, 15) is 14.0 Å². The van der Waals surface area contributed by atoms with Gasteiger partial charge in [0.15, 0.2) is 4.96 Å². The van der Waals surface area contributed by atoms with Crippen molar-refractivity contribution in [3.05, 3.63) is 74.4 Å². The maximum Gasteiger partial charge on any atom is 0.331 e. The number of thiazole rings is 1. The number of benzene rings is 1. The number of ether oxygens (including phenoxy) is 1. The van der Waals surface area contributed by atoms with Crippen LogP contribution in [0.3, 0.4) is 0 Å². The molecule has 3 aromatic rings. The Balaban J connectivity index is 1.48. The summed E-state index contributed by atoms with van der Waals surface area (Å²) >= 11 is 1.53. The summed E-state index contributed by atoms with van der Waals surface area (Å²) in [6, 6.07) is 7.55. The molecule has 0 bridgehead atoms. The van der Waals surface area contributed by atoms with E-state index in [1.165, 1.54) is 34.4 Å². The molecule has 2 aromatic heterocycles. The summed E-state index contributed by atoms with van der Waals surface area (Å²) < 4.78 is 20.3. The SMILES string of the molecule is O=C(/C=C/c1ccccc1F)OCc1cc(=O)n2c3c(sc2n1)CCCC3. The molecule has 0 N–H and O–H groups in total. The highest BCUT2D eigenvalue weighted by atomic mass is 32.1. The van der Waals surface area contributed by atoms with Gasteiger partial charge in [0.25, 0.3) is 5.56 Å². The van der Waals surface area contributed by atoms with Crippen molar-refractivity contribution < 1.29 is 13.9 Å². The van der Waals surface area contributed by atoms with E-state index in [2.05, 4.69) is 4.98 Å². The first-order valence-corrected chi connectivity index (χ1v) is 9.56. The van der Waals surface area contributed by atoms with Crippen LogP contribution in [-0.2, 0) is 29.0 Å². The smallest absolute Gasteiger partial charge is 0.331 e. The molecule has 0 saturated carbocycles. The van der Waals surface area contributed by atoms with Gasteiger partial charge in [-0.15, -0.1) is 11.3 Å². The minimum absolute atomic E-state index is 0.102. The average Bonchev–Trinajstić information content (AvgIpc) is 3.04. The molecule has 27 heavy (non-hydrogen) atoms. The van der Waals surface area contributed by atoms with Crippen LogP contribution in [0.1, 0.15) is 34.7 Å². The summed E-state index contributed by atoms with van der Waals surface area (Å²) in [5.74, 6) is -1.03. The van der Waals surface area contributed by atoms with Crippen LogP contribution in [0, 0.1) is 5.82 Å². The van der Waals surface area contributed by atoms with Crippen molar-refractivity contribution in [2.24, 2.45) is 0 Å². The first-order valence-electron chi connectivity index (χ1n) is 8.74. The number of aryl methyl sites for hydroxylation is 2. The molecule has 0 atom stereocenters. The highest BCUT2D eigenvalue weighted by Gasteiger charge is 2.18. The van der Waals surface area contributed by atoms with Crippen molar-refractivity contribution in [1.82, 2.24) is 9.38 Å². The summed E-state index contributed by atoms with van der Waals surface area (Å²) in [6.07, 6.45) is 6.61. The van der Waals surface area contributed by atoms with Gasteiger partial charge >= 0.3 is 5.97 Å². The van der Waals surface area contributed by atoms with Crippen LogP contribution < -0.4 is 5.56 Å². The molecule has 0 amide bonds. The predicted octanol–water partition coefficient (Wildman–Crippen LogP) is 3.53. The number of fused-ring (bicyclic) bond motifs is 3. The molecule has 4 rings (SSSR count). The lowest BCUT2D eigenvalue weighted by atomic mass is 10.0. The van der Waals surface area contributed by atoms with Gasteiger partial charge in [-0.25, -0.2) is 14.2 Å². The highest BCUT2D eigenvalue weighted by Crippen LogP contribution is 2.28. The third-order valence-electron chi connectivity index (χ3n) is 4.48. The van der Waals surface area contributed by atoms with E-state index < -0.39 is 11.8 Å². The molecular formula is C20H17FN2O3S. The van der Waals surface area contributed by atoms with Gasteiger partial charge in [0.05, 0.1) is 5.69 Å². The fraction of sp³-hybridized carbons (Fsp3) is 0.250. The second kappa shape index (κ2) is 7.44. The van der Waals surface area contributed by atoms with Crippen molar-refractivity contribution in [1.29, 1.82) is 0 Å². The van der Waals surface area contributed by atoms with Crippen molar-refractivity contribution in [2.75, 3.05) is 0 Å². The van der Waals surface area contributed by atoms with Gasteiger partial charge in [-0.1, -0.05) is 18.2 Å². The third-order valence-corrected chi connectivity index (χ3v) is 5.62. The number of halogens is 1. The molecule has 1 aliphatic rings. The van der Waals surface area contributed by atoms with E-state index in [4.69, 9.17) is 4.74 Å². The number of hydrogen-bond donors (Lipinski definition) is 0. The van der Waals surface area contributed by atoms with Crippen LogP contribution in [0.5, 0.6) is 0 Å². The molecule has 1 aromatic carbocycles. The topological polar surface area (TPSA) is 60.7 Å². The Hall–Kier alpha value is -2.80. The van der Waals surface area contributed by atoms with Crippen LogP contribution in [0.15, 0.2) is 41.2 Å². The predicted molar refractivity (Wildman–Crippen MR) is 101 cm³/mol. The molecular weight excluding hydrogens is 367 g/mol. The Labute approximate surface area is 158 Å². The van der Waals surface area contributed by atoms with Crippen LogP contribution >= 0.6 is 11.3 Å². The number of carbonyl (C=O) groups excluding carboxylic acids is 1. The summed E-state index contributed by atoms with van der Waals surface area (Å²) in [7, 11) is 0. The zero-order valence-electron chi connectivity index (χ0n) is 14.5. The lowest BCUT2D eigenvalue weighted by molar-refractivity contribution is -0.139. The number of rotatable bonds is 4. The lowest BCUT2D eigenvalue weighted by Crippen LogP contribution is -2.18. The summed E-state index contributed by atoms with van der Waals surface area (Å²) in [6.45, 7) is -0.102. The number of carbonyl (C=O) groups is 1. The Kier molecular flexibility index (Phi) is 4.85. The molecule has 0 fully saturated rings. The van der Waals surface area contributed by atoms with Gasteiger partial charge in [-0.05, 0) is 37.8 Å². The first kappa shape index (κ1) is 17.6. The van der Waals surface area contributed by atoms with E-state index in [0.717, 1.165) is 37.5 Å². The van der Waals surface area contributed by atoms with Gasteiger partial charge < -0.3 is 4.74 Å². The minimum Gasteiger partial charge on any atom is -0.456 e. The van der Waals surface area contributed by atoms with Crippen molar-refractivity contribution >= 4 is 28.3 Å². The van der Waals surface area contributed by atoms with E-state index >= 15 is 0 Å². The van der Waals surface area contributed by atoms with Crippen molar-refractivity contribution in [2.45, 2.75) is 32.3 Å². The number of esters is 1. The van der Waals surface area contributed by atoms with Gasteiger partial charge in [0.1, 0.15) is 12.4 Å². The molecule has 1 aliphatic carbocycles. The Morgan fingerprint density at radius 3 is 2.96 bits per heavy atom. The standard InChI is InChI=1S/C20H17FN2O3S/c21-15-6-2-1-5-13(15)9-10-19(25)26-12-14-11-18(24)23-16-7-3-4-8-17(16)27-20(23)22-14/h1-2,5-6,9-11H,3-4,7-8,12H2/b10-9+. The zero-order chi connectivity index (χ0) is 18.8. The second-order valence-electron chi connectivity index (χ2n) is 6.35. The number of aromatic nitrogens is 2. The van der Waals surface area contributed by atoms with Gasteiger partial charge in [0.2, 0.25) is 0 Å². The molecule has 0 saturated heterocycles. The third kappa shape index (κ3) is 3.68.